The molecule has 3 heteroatoms. The second-order valence-corrected chi connectivity index (χ2v) is 3.35. The highest BCUT2D eigenvalue weighted by molar-refractivity contribution is 5.72. The Labute approximate surface area is 75.8 Å². The fraction of sp³-hybridized carbons (Fsp3) is 0.200. The molecule has 0 aliphatic heterocycles. The van der Waals surface area contributed by atoms with Gasteiger partial charge in [0.1, 0.15) is 0 Å². The van der Waals surface area contributed by atoms with Crippen molar-refractivity contribution in [2.75, 3.05) is 0 Å². The van der Waals surface area contributed by atoms with Gasteiger partial charge in [0, 0.05) is 29.4 Å². The summed E-state index contributed by atoms with van der Waals surface area (Å²) < 4.78 is 0. The van der Waals surface area contributed by atoms with Crippen LogP contribution in [0.1, 0.15) is 17.0 Å². The fourth-order valence-electron chi connectivity index (χ4n) is 1.85. The molecule has 2 aromatic rings. The molecule has 13 heavy (non-hydrogen) atoms. The Morgan fingerprint density at radius 2 is 2.38 bits per heavy atom. The molecular formula is C10H9N3. The minimum absolute atomic E-state index is 0.924. The Balaban J connectivity index is 2.32. The van der Waals surface area contributed by atoms with E-state index in [1.165, 1.54) is 11.1 Å². The molecule has 1 aliphatic carbocycles. The average Bonchev–Trinajstić information content (AvgIpc) is 2.67. The van der Waals surface area contributed by atoms with E-state index in [1.54, 1.807) is 0 Å². The van der Waals surface area contributed by atoms with Crippen molar-refractivity contribution in [3.05, 3.63) is 35.3 Å². The number of pyridine rings is 1. The van der Waals surface area contributed by atoms with Crippen LogP contribution in [0.5, 0.6) is 0 Å². The van der Waals surface area contributed by atoms with Crippen molar-refractivity contribution in [1.29, 1.82) is 0 Å². The number of nitrogens with one attached hydrogen (secondary N) is 1. The lowest BCUT2D eigenvalue weighted by molar-refractivity contribution is 1.02. The molecule has 0 fully saturated rings. The number of nitrogens with zero attached hydrogens (tertiary/aromatic N) is 2. The highest BCUT2D eigenvalue weighted by Gasteiger charge is 2.23. The number of aromatic nitrogens is 3. The maximum Gasteiger partial charge on any atom is 0.0977 e. The Kier molecular flexibility index (Phi) is 1.15. The number of aryl methyl sites for hydroxylation is 1. The SMILES string of the molecule is Cc1[nH]nc2c1Cc1ncccc1-2. The quantitative estimate of drug-likeness (QED) is 0.559. The van der Waals surface area contributed by atoms with Gasteiger partial charge in [0.05, 0.1) is 11.4 Å². The van der Waals surface area contributed by atoms with Crippen LogP contribution in [0.15, 0.2) is 18.3 Å². The van der Waals surface area contributed by atoms with E-state index in [9.17, 15) is 0 Å². The summed E-state index contributed by atoms with van der Waals surface area (Å²) in [5.74, 6) is 0. The molecule has 0 aromatic carbocycles. The first-order valence-corrected chi connectivity index (χ1v) is 4.34. The first-order valence-electron chi connectivity index (χ1n) is 4.34. The van der Waals surface area contributed by atoms with Crippen molar-refractivity contribution in [2.45, 2.75) is 13.3 Å². The lowest BCUT2D eigenvalue weighted by Gasteiger charge is -1.94. The van der Waals surface area contributed by atoms with E-state index in [-0.39, 0.29) is 0 Å². The van der Waals surface area contributed by atoms with Crippen molar-refractivity contribution in [2.24, 2.45) is 0 Å². The van der Waals surface area contributed by atoms with E-state index in [4.69, 9.17) is 0 Å². The zero-order chi connectivity index (χ0) is 8.84. The van der Waals surface area contributed by atoms with Crippen LogP contribution in [-0.2, 0) is 6.42 Å². The predicted octanol–water partition coefficient (Wildman–Crippen LogP) is 1.68. The van der Waals surface area contributed by atoms with Crippen LogP contribution in [0.4, 0.5) is 0 Å². The normalized spacial score (nSPS) is 12.7. The Morgan fingerprint density at radius 3 is 3.31 bits per heavy atom. The molecule has 0 spiro atoms. The zero-order valence-corrected chi connectivity index (χ0v) is 7.33. The van der Waals surface area contributed by atoms with E-state index in [0.717, 1.165) is 23.5 Å². The van der Waals surface area contributed by atoms with Gasteiger partial charge in [-0.1, -0.05) is 0 Å². The zero-order valence-electron chi connectivity index (χ0n) is 7.33. The summed E-state index contributed by atoms with van der Waals surface area (Å²) >= 11 is 0. The van der Waals surface area contributed by atoms with Crippen LogP contribution in [0.25, 0.3) is 11.3 Å². The van der Waals surface area contributed by atoms with Gasteiger partial charge in [-0.25, -0.2) is 0 Å². The molecule has 3 nitrogen and oxygen atoms in total. The van der Waals surface area contributed by atoms with Crippen molar-refractivity contribution >= 4 is 0 Å². The van der Waals surface area contributed by atoms with Crippen molar-refractivity contribution < 1.29 is 0 Å². The summed E-state index contributed by atoms with van der Waals surface area (Å²) in [6.07, 6.45) is 2.76. The molecule has 1 N–H and O–H groups in total. The van der Waals surface area contributed by atoms with Gasteiger partial charge >= 0.3 is 0 Å². The first-order chi connectivity index (χ1) is 6.36. The molecule has 0 atom stereocenters. The molecule has 0 saturated carbocycles. The number of hydrogen-bond acceptors (Lipinski definition) is 2. The summed E-state index contributed by atoms with van der Waals surface area (Å²) in [4.78, 5) is 4.33. The highest BCUT2D eigenvalue weighted by Crippen LogP contribution is 2.34. The van der Waals surface area contributed by atoms with Gasteiger partial charge in [0.15, 0.2) is 0 Å². The number of aromatic amines is 1. The summed E-state index contributed by atoms with van der Waals surface area (Å²) in [7, 11) is 0. The Hall–Kier alpha value is -1.64. The van der Waals surface area contributed by atoms with Gasteiger partial charge in [-0.3, -0.25) is 10.1 Å². The number of fused-ring (bicyclic) bond motifs is 3. The van der Waals surface area contributed by atoms with E-state index >= 15 is 0 Å². The minimum Gasteiger partial charge on any atom is -0.282 e. The monoisotopic (exact) mass is 171 g/mol. The van der Waals surface area contributed by atoms with Crippen LogP contribution >= 0.6 is 0 Å². The summed E-state index contributed by atoms with van der Waals surface area (Å²) in [6.45, 7) is 2.05. The van der Waals surface area contributed by atoms with Crippen LogP contribution in [0, 0.1) is 6.92 Å². The van der Waals surface area contributed by atoms with Crippen LogP contribution in [0.2, 0.25) is 0 Å². The molecule has 0 amide bonds. The van der Waals surface area contributed by atoms with Gasteiger partial charge in [0.2, 0.25) is 0 Å². The fourth-order valence-corrected chi connectivity index (χ4v) is 1.85. The van der Waals surface area contributed by atoms with E-state index < -0.39 is 0 Å². The van der Waals surface area contributed by atoms with Crippen molar-refractivity contribution in [3.8, 4) is 11.3 Å². The molecule has 1 aliphatic rings. The summed E-state index contributed by atoms with van der Waals surface area (Å²) in [6, 6.07) is 4.03. The molecule has 0 unspecified atom stereocenters. The third-order valence-corrected chi connectivity index (χ3v) is 2.56. The highest BCUT2D eigenvalue weighted by atomic mass is 15.1. The molecule has 2 heterocycles. The molecule has 0 saturated heterocycles. The minimum atomic E-state index is 0.924. The smallest absolute Gasteiger partial charge is 0.0977 e. The van der Waals surface area contributed by atoms with Gasteiger partial charge in [0.25, 0.3) is 0 Å². The standard InChI is InChI=1S/C10H9N3/c1-6-8-5-9-7(3-2-4-11-9)10(8)13-12-6/h2-4H,5H2,1H3,(H,12,13). The lowest BCUT2D eigenvalue weighted by atomic mass is 10.2. The Bertz CT molecular complexity index is 471. The van der Waals surface area contributed by atoms with Gasteiger partial charge in [-0.15, -0.1) is 0 Å². The van der Waals surface area contributed by atoms with Crippen LogP contribution in [0.3, 0.4) is 0 Å². The topological polar surface area (TPSA) is 41.6 Å². The van der Waals surface area contributed by atoms with Crippen LogP contribution in [-0.4, -0.2) is 15.2 Å². The lowest BCUT2D eigenvalue weighted by Crippen LogP contribution is -1.87. The van der Waals surface area contributed by atoms with Crippen molar-refractivity contribution in [3.63, 3.8) is 0 Å². The van der Waals surface area contributed by atoms with Gasteiger partial charge in [-0.05, 0) is 19.1 Å². The predicted molar refractivity (Wildman–Crippen MR) is 49.4 cm³/mol. The van der Waals surface area contributed by atoms with E-state index in [1.807, 2.05) is 12.3 Å². The maximum atomic E-state index is 4.33. The third-order valence-electron chi connectivity index (χ3n) is 2.56. The van der Waals surface area contributed by atoms with Crippen molar-refractivity contribution in [1.82, 2.24) is 15.2 Å². The number of H-pyrrole nitrogens is 1. The first kappa shape index (κ1) is 6.83. The van der Waals surface area contributed by atoms with E-state index in [2.05, 4.69) is 28.2 Å². The second kappa shape index (κ2) is 2.19. The molecule has 2 aromatic heterocycles. The molecule has 64 valence electrons. The van der Waals surface area contributed by atoms with E-state index in [0.29, 0.717) is 0 Å². The maximum absolute atomic E-state index is 4.33. The molecular weight excluding hydrogens is 162 g/mol. The number of rotatable bonds is 0. The number of hydrogen-bond donors (Lipinski definition) is 1. The Morgan fingerprint density at radius 1 is 1.46 bits per heavy atom. The molecule has 0 bridgehead atoms. The van der Waals surface area contributed by atoms with Crippen LogP contribution < -0.4 is 0 Å². The molecule has 0 radical (unpaired) electrons. The van der Waals surface area contributed by atoms with Gasteiger partial charge in [-0.2, -0.15) is 5.10 Å². The van der Waals surface area contributed by atoms with Gasteiger partial charge < -0.3 is 0 Å². The summed E-state index contributed by atoms with van der Waals surface area (Å²) in [5.41, 5.74) is 5.88. The average molecular weight is 171 g/mol. The largest absolute Gasteiger partial charge is 0.282 e. The second-order valence-electron chi connectivity index (χ2n) is 3.35. The third kappa shape index (κ3) is 0.786. The summed E-state index contributed by atoms with van der Waals surface area (Å²) in [5, 5.41) is 7.27. The molecule has 3 rings (SSSR count).